The fourth-order valence-electron chi connectivity index (χ4n) is 2.25. The van der Waals surface area contributed by atoms with Crippen LogP contribution >= 0.6 is 12.2 Å². The number of nitrogens with zero attached hydrogens (tertiary/aromatic N) is 2. The van der Waals surface area contributed by atoms with E-state index in [1.165, 1.54) is 11.8 Å². The largest absolute Gasteiger partial charge is 0.504 e. The van der Waals surface area contributed by atoms with Crippen LogP contribution in [0.1, 0.15) is 48.6 Å². The molecule has 1 aliphatic rings. The number of carbonyl (C=O) groups excluding carboxylic acids is 1. The highest BCUT2D eigenvalue weighted by Crippen LogP contribution is 2.30. The number of hydrogen-bond donors (Lipinski definition) is 2. The van der Waals surface area contributed by atoms with Gasteiger partial charge in [-0.05, 0) is 37.9 Å². The van der Waals surface area contributed by atoms with Gasteiger partial charge in [0.1, 0.15) is 5.69 Å². The van der Waals surface area contributed by atoms with Crippen molar-refractivity contribution in [3.8, 4) is 5.75 Å². The summed E-state index contributed by atoms with van der Waals surface area (Å²) in [6, 6.07) is 0. The fraction of sp³-hybridized carbons (Fsp3) is 0.615. The summed E-state index contributed by atoms with van der Waals surface area (Å²) in [5.41, 5.74) is 0.510. The zero-order chi connectivity index (χ0) is 15.4. The summed E-state index contributed by atoms with van der Waals surface area (Å²) in [5.74, 6) is -0.691. The predicted octanol–water partition coefficient (Wildman–Crippen LogP) is 1.51. The number of ether oxygens (including phenoxy) is 2. The van der Waals surface area contributed by atoms with Crippen LogP contribution in [-0.4, -0.2) is 39.7 Å². The summed E-state index contributed by atoms with van der Waals surface area (Å²) < 4.78 is 11.8. The summed E-state index contributed by atoms with van der Waals surface area (Å²) in [6.07, 6.45) is 2.89. The summed E-state index contributed by atoms with van der Waals surface area (Å²) in [7, 11) is 1.36. The zero-order valence-electron chi connectivity index (χ0n) is 12.1. The third kappa shape index (κ3) is 3.33. The van der Waals surface area contributed by atoms with E-state index in [1.807, 2.05) is 6.92 Å². The molecule has 21 heavy (non-hydrogen) atoms. The first-order valence-corrected chi connectivity index (χ1v) is 7.30. The number of nitrogens with one attached hydrogen (secondary N) is 1. The molecule has 2 N–H and O–H groups in total. The van der Waals surface area contributed by atoms with Crippen molar-refractivity contribution in [1.82, 2.24) is 15.1 Å². The van der Waals surface area contributed by atoms with Gasteiger partial charge in [-0.1, -0.05) is 6.92 Å². The highest BCUT2D eigenvalue weighted by atomic mass is 32.1. The number of methoxy groups -OCH3 is 1. The van der Waals surface area contributed by atoms with Gasteiger partial charge in [-0.3, -0.25) is 10.1 Å². The van der Waals surface area contributed by atoms with Crippen LogP contribution in [0.3, 0.4) is 0 Å². The molecule has 1 atom stereocenters. The van der Waals surface area contributed by atoms with Crippen molar-refractivity contribution in [3.05, 3.63) is 11.4 Å². The predicted molar refractivity (Wildman–Crippen MR) is 79.2 cm³/mol. The molecule has 0 bridgehead atoms. The minimum Gasteiger partial charge on any atom is -0.504 e. The molecular weight excluding hydrogens is 294 g/mol. The minimum absolute atomic E-state index is 0.0538. The monoisotopic (exact) mass is 313 g/mol. The molecule has 0 spiro atoms. The molecule has 1 saturated heterocycles. The van der Waals surface area contributed by atoms with Crippen molar-refractivity contribution in [2.45, 2.75) is 38.8 Å². The van der Waals surface area contributed by atoms with Gasteiger partial charge in [-0.15, -0.1) is 0 Å². The first kappa shape index (κ1) is 15.7. The summed E-state index contributed by atoms with van der Waals surface area (Å²) in [4.78, 5) is 12.3. The van der Waals surface area contributed by atoms with E-state index in [0.29, 0.717) is 18.7 Å². The maximum Gasteiger partial charge on any atom is 0.280 e. The van der Waals surface area contributed by atoms with E-state index in [-0.39, 0.29) is 22.8 Å². The molecule has 0 aromatic carbocycles. The number of aromatic nitrogens is 2. The highest BCUT2D eigenvalue weighted by Gasteiger charge is 2.29. The molecule has 0 radical (unpaired) electrons. The van der Waals surface area contributed by atoms with Crippen LogP contribution in [0.2, 0.25) is 0 Å². The van der Waals surface area contributed by atoms with Gasteiger partial charge in [-0.25, -0.2) is 4.68 Å². The molecule has 1 aromatic rings. The Balaban J connectivity index is 2.34. The molecule has 1 fully saturated rings. The lowest BCUT2D eigenvalue weighted by Gasteiger charge is -2.24. The number of aromatic hydroxyl groups is 1. The van der Waals surface area contributed by atoms with Gasteiger partial charge in [0.05, 0.1) is 7.11 Å². The van der Waals surface area contributed by atoms with Crippen molar-refractivity contribution in [1.29, 1.82) is 0 Å². The smallest absolute Gasteiger partial charge is 0.280 e. The molecule has 116 valence electrons. The van der Waals surface area contributed by atoms with Gasteiger partial charge in [0.2, 0.25) is 0 Å². The number of thiocarbonyl (C=S) groups is 1. The Morgan fingerprint density at radius 2 is 2.38 bits per heavy atom. The van der Waals surface area contributed by atoms with E-state index in [2.05, 4.69) is 10.4 Å². The number of hydrogen-bond acceptors (Lipinski definition) is 6. The molecule has 2 heterocycles. The van der Waals surface area contributed by atoms with Gasteiger partial charge in [0, 0.05) is 6.61 Å². The van der Waals surface area contributed by atoms with Crippen LogP contribution in [-0.2, 0) is 15.9 Å². The summed E-state index contributed by atoms with van der Waals surface area (Å²) in [6.45, 7) is 2.47. The van der Waals surface area contributed by atoms with Crippen molar-refractivity contribution in [2.24, 2.45) is 0 Å². The molecule has 1 amide bonds. The maximum atomic E-state index is 12.3. The highest BCUT2D eigenvalue weighted by molar-refractivity contribution is 7.80. The van der Waals surface area contributed by atoms with Gasteiger partial charge in [0.15, 0.2) is 17.7 Å². The fourth-order valence-corrected chi connectivity index (χ4v) is 2.34. The molecule has 2 rings (SSSR count). The third-order valence-corrected chi connectivity index (χ3v) is 3.60. The van der Waals surface area contributed by atoms with E-state index in [0.717, 1.165) is 19.3 Å². The van der Waals surface area contributed by atoms with Gasteiger partial charge in [0.25, 0.3) is 11.1 Å². The van der Waals surface area contributed by atoms with Crippen molar-refractivity contribution in [3.63, 3.8) is 0 Å². The number of amides is 1. The normalized spacial score (nSPS) is 18.3. The second-order valence-electron chi connectivity index (χ2n) is 4.71. The average molecular weight is 313 g/mol. The lowest BCUT2D eigenvalue weighted by Crippen LogP contribution is -2.33. The average Bonchev–Trinajstić information content (AvgIpc) is 2.84. The minimum atomic E-state index is -0.555. The molecular formula is C13H19N3O4S. The van der Waals surface area contributed by atoms with Crippen LogP contribution in [0.15, 0.2) is 0 Å². The summed E-state index contributed by atoms with van der Waals surface area (Å²) >= 11 is 4.81. The number of aryl methyl sites for hydroxylation is 1. The van der Waals surface area contributed by atoms with Gasteiger partial charge < -0.3 is 14.6 Å². The van der Waals surface area contributed by atoms with Crippen LogP contribution in [0, 0.1) is 0 Å². The van der Waals surface area contributed by atoms with E-state index >= 15 is 0 Å². The molecule has 0 aliphatic carbocycles. The Hall–Kier alpha value is -1.67. The van der Waals surface area contributed by atoms with E-state index < -0.39 is 5.91 Å². The third-order valence-electron chi connectivity index (χ3n) is 3.33. The summed E-state index contributed by atoms with van der Waals surface area (Å²) in [5, 5.41) is 16.9. The second-order valence-corrected chi connectivity index (χ2v) is 5.08. The Bertz CT molecular complexity index is 538. The first-order chi connectivity index (χ1) is 10.1. The second kappa shape index (κ2) is 6.86. The standard InChI is InChI=1S/C13H19N3O4S/c1-3-8-11(17)10(12(18)14-13(21)19-2)16(15-8)9-6-4-5-7-20-9/h9,17H,3-7H2,1-2H3,(H,14,18,21). The van der Waals surface area contributed by atoms with Crippen molar-refractivity contribution >= 4 is 23.3 Å². The number of rotatable bonds is 3. The van der Waals surface area contributed by atoms with Crippen molar-refractivity contribution in [2.75, 3.05) is 13.7 Å². The Labute approximate surface area is 128 Å². The molecule has 1 unspecified atom stereocenters. The Kier molecular flexibility index (Phi) is 5.13. The number of carbonyl (C=O) groups is 1. The lowest BCUT2D eigenvalue weighted by atomic mass is 10.2. The first-order valence-electron chi connectivity index (χ1n) is 6.89. The van der Waals surface area contributed by atoms with Crippen LogP contribution in [0.25, 0.3) is 0 Å². The molecule has 0 saturated carbocycles. The quantitative estimate of drug-likeness (QED) is 0.823. The Morgan fingerprint density at radius 1 is 1.62 bits per heavy atom. The van der Waals surface area contributed by atoms with Gasteiger partial charge in [-0.2, -0.15) is 5.10 Å². The van der Waals surface area contributed by atoms with Gasteiger partial charge >= 0.3 is 0 Å². The molecule has 1 aliphatic heterocycles. The molecule has 8 heteroatoms. The SMILES string of the molecule is CCc1nn(C2CCCCO2)c(C(=O)NC(=S)OC)c1O. The van der Waals surface area contributed by atoms with E-state index in [9.17, 15) is 9.90 Å². The molecule has 1 aromatic heterocycles. The lowest BCUT2D eigenvalue weighted by molar-refractivity contribution is -0.0408. The van der Waals surface area contributed by atoms with E-state index in [1.54, 1.807) is 0 Å². The van der Waals surface area contributed by atoms with Crippen molar-refractivity contribution < 1.29 is 19.4 Å². The van der Waals surface area contributed by atoms with Crippen LogP contribution in [0.5, 0.6) is 5.75 Å². The maximum absolute atomic E-state index is 12.3. The molecule has 7 nitrogen and oxygen atoms in total. The van der Waals surface area contributed by atoms with Crippen LogP contribution < -0.4 is 5.32 Å². The topological polar surface area (TPSA) is 85.6 Å². The Morgan fingerprint density at radius 3 is 2.95 bits per heavy atom. The van der Waals surface area contributed by atoms with Crippen LogP contribution in [0.4, 0.5) is 0 Å². The van der Waals surface area contributed by atoms with E-state index in [4.69, 9.17) is 21.7 Å². The zero-order valence-corrected chi connectivity index (χ0v) is 12.9.